The second-order valence-electron chi connectivity index (χ2n) is 8.63. The minimum atomic E-state index is 0.754. The zero-order valence-corrected chi connectivity index (χ0v) is 17.5. The standard InChI is InChI=1S/C26H32N/c1-17-13-18(2)20(4)25(14-17)26-24-12-11-22(21-9-7-6-8-10-21)16-23(24)15-19(3)27(26)5/h11-16,21H,6-10H2,1-5H3/q+1. The van der Waals surface area contributed by atoms with Gasteiger partial charge in [0, 0.05) is 13.0 Å². The molecule has 0 unspecified atom stereocenters. The molecule has 0 aliphatic heterocycles. The molecular weight excluding hydrogens is 326 g/mol. The van der Waals surface area contributed by atoms with Gasteiger partial charge >= 0.3 is 0 Å². The molecule has 0 amide bonds. The summed E-state index contributed by atoms with van der Waals surface area (Å²) in [5.74, 6) is 0.754. The van der Waals surface area contributed by atoms with E-state index in [0.29, 0.717) is 0 Å². The topological polar surface area (TPSA) is 3.88 Å². The Labute approximate surface area is 164 Å². The number of rotatable bonds is 2. The average Bonchev–Trinajstić information content (AvgIpc) is 2.66. The Bertz CT molecular complexity index is 1010. The third-order valence-electron chi connectivity index (χ3n) is 6.70. The van der Waals surface area contributed by atoms with Crippen molar-refractivity contribution in [3.05, 3.63) is 64.3 Å². The van der Waals surface area contributed by atoms with Gasteiger partial charge in [-0.1, -0.05) is 43.0 Å². The van der Waals surface area contributed by atoms with Crippen LogP contribution in [-0.4, -0.2) is 0 Å². The summed E-state index contributed by atoms with van der Waals surface area (Å²) in [4.78, 5) is 0. The molecule has 1 heterocycles. The quantitative estimate of drug-likeness (QED) is 0.454. The average molecular weight is 359 g/mol. The van der Waals surface area contributed by atoms with Crippen LogP contribution in [0.3, 0.4) is 0 Å². The van der Waals surface area contributed by atoms with Crippen molar-refractivity contribution in [1.29, 1.82) is 0 Å². The summed E-state index contributed by atoms with van der Waals surface area (Å²) < 4.78 is 2.36. The van der Waals surface area contributed by atoms with Crippen LogP contribution in [0.4, 0.5) is 0 Å². The van der Waals surface area contributed by atoms with Gasteiger partial charge in [0.25, 0.3) is 0 Å². The fourth-order valence-corrected chi connectivity index (χ4v) is 4.90. The predicted molar refractivity (Wildman–Crippen MR) is 115 cm³/mol. The van der Waals surface area contributed by atoms with Crippen LogP contribution in [0.15, 0.2) is 36.4 Å². The number of benzene rings is 2. The largest absolute Gasteiger partial charge is 0.220 e. The minimum absolute atomic E-state index is 0.754. The number of nitrogens with zero attached hydrogens (tertiary/aromatic N) is 1. The van der Waals surface area contributed by atoms with E-state index in [4.69, 9.17) is 0 Å². The van der Waals surface area contributed by atoms with E-state index in [0.717, 1.165) is 5.92 Å². The second-order valence-corrected chi connectivity index (χ2v) is 8.63. The maximum Gasteiger partial charge on any atom is 0.220 e. The van der Waals surface area contributed by atoms with Crippen LogP contribution in [0, 0.1) is 27.7 Å². The van der Waals surface area contributed by atoms with Crippen molar-refractivity contribution in [2.45, 2.75) is 65.7 Å². The van der Waals surface area contributed by atoms with Gasteiger partial charge < -0.3 is 0 Å². The van der Waals surface area contributed by atoms with Crippen molar-refractivity contribution in [2.24, 2.45) is 7.05 Å². The summed E-state index contributed by atoms with van der Waals surface area (Å²) in [7, 11) is 2.20. The lowest BCUT2D eigenvalue weighted by atomic mass is 9.83. The summed E-state index contributed by atoms with van der Waals surface area (Å²) in [6.45, 7) is 8.92. The van der Waals surface area contributed by atoms with E-state index in [-0.39, 0.29) is 0 Å². The summed E-state index contributed by atoms with van der Waals surface area (Å²) in [6, 6.07) is 14.3. The van der Waals surface area contributed by atoms with E-state index in [2.05, 4.69) is 75.7 Å². The third kappa shape index (κ3) is 3.29. The molecule has 1 aromatic heterocycles. The van der Waals surface area contributed by atoms with Crippen LogP contribution < -0.4 is 4.57 Å². The highest BCUT2D eigenvalue weighted by Gasteiger charge is 2.22. The maximum atomic E-state index is 2.47. The molecule has 1 aliphatic rings. The monoisotopic (exact) mass is 358 g/mol. The van der Waals surface area contributed by atoms with E-state index in [1.807, 2.05) is 0 Å². The van der Waals surface area contributed by atoms with Crippen molar-refractivity contribution in [2.75, 3.05) is 0 Å². The van der Waals surface area contributed by atoms with Crippen LogP contribution in [0.25, 0.3) is 22.0 Å². The van der Waals surface area contributed by atoms with Crippen molar-refractivity contribution in [3.8, 4) is 11.3 Å². The maximum absolute atomic E-state index is 2.47. The van der Waals surface area contributed by atoms with E-state index < -0.39 is 0 Å². The molecule has 0 saturated heterocycles. The molecular formula is C26H32N+. The molecule has 1 fully saturated rings. The zero-order valence-electron chi connectivity index (χ0n) is 17.5. The van der Waals surface area contributed by atoms with Gasteiger partial charge in [-0.15, -0.1) is 0 Å². The van der Waals surface area contributed by atoms with Crippen LogP contribution in [0.5, 0.6) is 0 Å². The van der Waals surface area contributed by atoms with Crippen LogP contribution >= 0.6 is 0 Å². The van der Waals surface area contributed by atoms with Crippen LogP contribution in [-0.2, 0) is 7.05 Å². The van der Waals surface area contributed by atoms with Crippen LogP contribution in [0.1, 0.15) is 66.0 Å². The normalized spacial score (nSPS) is 15.4. The van der Waals surface area contributed by atoms with Crippen molar-refractivity contribution in [3.63, 3.8) is 0 Å². The Hall–Kier alpha value is -2.15. The lowest BCUT2D eigenvalue weighted by Gasteiger charge is -2.22. The smallest absolute Gasteiger partial charge is 0.198 e. The van der Waals surface area contributed by atoms with E-state index >= 15 is 0 Å². The molecule has 0 radical (unpaired) electrons. The number of fused-ring (bicyclic) bond motifs is 1. The number of pyridine rings is 1. The Balaban J connectivity index is 1.94. The predicted octanol–water partition coefficient (Wildman–Crippen LogP) is 6.61. The first kappa shape index (κ1) is 18.2. The molecule has 1 aliphatic carbocycles. The summed E-state index contributed by atoms with van der Waals surface area (Å²) >= 11 is 0. The van der Waals surface area contributed by atoms with Crippen molar-refractivity contribution < 1.29 is 4.57 Å². The molecule has 0 bridgehead atoms. The molecule has 0 N–H and O–H groups in total. The van der Waals surface area contributed by atoms with Crippen molar-refractivity contribution in [1.82, 2.24) is 0 Å². The molecule has 3 aromatic rings. The number of hydrogen-bond donors (Lipinski definition) is 0. The molecule has 27 heavy (non-hydrogen) atoms. The van der Waals surface area contributed by atoms with Gasteiger partial charge in [0.1, 0.15) is 7.05 Å². The Kier molecular flexibility index (Phi) is 4.80. The van der Waals surface area contributed by atoms with Gasteiger partial charge in [0.05, 0.1) is 10.9 Å². The third-order valence-corrected chi connectivity index (χ3v) is 6.70. The molecule has 1 heteroatoms. The van der Waals surface area contributed by atoms with Crippen LogP contribution in [0.2, 0.25) is 0 Å². The summed E-state index contributed by atoms with van der Waals surface area (Å²) in [5, 5.41) is 2.76. The molecule has 1 nitrogen and oxygen atoms in total. The van der Waals surface area contributed by atoms with E-state index in [1.54, 1.807) is 5.56 Å². The molecule has 140 valence electrons. The minimum Gasteiger partial charge on any atom is -0.198 e. The SMILES string of the molecule is Cc1cc(C)c(C)c(-c2c3ccc(C4CCCCC4)cc3cc(C)[n+]2C)c1. The Morgan fingerprint density at radius 1 is 0.852 bits per heavy atom. The second kappa shape index (κ2) is 7.11. The first-order valence-electron chi connectivity index (χ1n) is 10.5. The Morgan fingerprint density at radius 2 is 1.59 bits per heavy atom. The van der Waals surface area contributed by atoms with Gasteiger partial charge in [-0.05, 0) is 73.7 Å². The number of aromatic nitrogens is 1. The summed E-state index contributed by atoms with van der Waals surface area (Å²) in [5.41, 5.74) is 9.67. The first-order valence-corrected chi connectivity index (χ1v) is 10.5. The summed E-state index contributed by atoms with van der Waals surface area (Å²) in [6.07, 6.45) is 6.90. The van der Waals surface area contributed by atoms with Gasteiger partial charge in [-0.3, -0.25) is 0 Å². The fraction of sp³-hybridized carbons (Fsp3) is 0.423. The molecule has 1 saturated carbocycles. The van der Waals surface area contributed by atoms with Gasteiger partial charge in [-0.2, -0.15) is 4.57 Å². The highest BCUT2D eigenvalue weighted by Crippen LogP contribution is 2.36. The lowest BCUT2D eigenvalue weighted by Crippen LogP contribution is -2.35. The van der Waals surface area contributed by atoms with Gasteiger partial charge in [0.2, 0.25) is 5.69 Å². The number of hydrogen-bond acceptors (Lipinski definition) is 0. The van der Waals surface area contributed by atoms with E-state index in [1.165, 1.54) is 76.5 Å². The zero-order chi connectivity index (χ0) is 19.1. The fourth-order valence-electron chi connectivity index (χ4n) is 4.90. The van der Waals surface area contributed by atoms with Crippen molar-refractivity contribution >= 4 is 10.8 Å². The Morgan fingerprint density at radius 3 is 2.33 bits per heavy atom. The molecule has 2 aromatic carbocycles. The van der Waals surface area contributed by atoms with Gasteiger partial charge in [-0.25, -0.2) is 0 Å². The van der Waals surface area contributed by atoms with E-state index in [9.17, 15) is 0 Å². The van der Waals surface area contributed by atoms with Gasteiger partial charge in [0.15, 0.2) is 5.69 Å². The number of aryl methyl sites for hydroxylation is 3. The first-order chi connectivity index (χ1) is 13.0. The lowest BCUT2D eigenvalue weighted by molar-refractivity contribution is -0.665. The highest BCUT2D eigenvalue weighted by molar-refractivity contribution is 5.94. The molecule has 4 rings (SSSR count). The highest BCUT2D eigenvalue weighted by atomic mass is 14.9. The molecule has 0 spiro atoms. The molecule has 0 atom stereocenters.